The summed E-state index contributed by atoms with van der Waals surface area (Å²) in [6, 6.07) is 0. The number of aromatic nitrogens is 1. The van der Waals surface area contributed by atoms with Gasteiger partial charge in [-0.15, -0.1) is 11.3 Å². The highest BCUT2D eigenvalue weighted by atomic mass is 32.1. The van der Waals surface area contributed by atoms with Gasteiger partial charge in [0.2, 0.25) is 0 Å². The molecule has 0 spiro atoms. The van der Waals surface area contributed by atoms with Crippen molar-refractivity contribution in [2.75, 3.05) is 19.6 Å². The molecule has 1 aromatic rings. The summed E-state index contributed by atoms with van der Waals surface area (Å²) < 4.78 is 0. The standard InChI is InChI=1S/C15H26N4S/c1-11(2)13-14(15(16)17)20-12(18-13)7-10-19-8-5-3-4-6-9-19/h11H,3-10H2,1-2H3,(H3,16,17). The van der Waals surface area contributed by atoms with Crippen LogP contribution in [0.4, 0.5) is 0 Å². The molecule has 1 aromatic heterocycles. The number of nitrogens with two attached hydrogens (primary N) is 1. The fourth-order valence-corrected chi connectivity index (χ4v) is 3.75. The average molecular weight is 294 g/mol. The van der Waals surface area contributed by atoms with Crippen molar-refractivity contribution in [2.45, 2.75) is 51.9 Å². The van der Waals surface area contributed by atoms with Crippen LogP contribution in [-0.4, -0.2) is 35.4 Å². The zero-order valence-corrected chi connectivity index (χ0v) is 13.4. The van der Waals surface area contributed by atoms with Crippen molar-refractivity contribution in [3.05, 3.63) is 15.6 Å². The molecule has 112 valence electrons. The van der Waals surface area contributed by atoms with E-state index in [1.165, 1.54) is 38.8 Å². The Bertz CT molecular complexity index is 445. The minimum Gasteiger partial charge on any atom is -0.383 e. The van der Waals surface area contributed by atoms with Crippen LogP contribution in [-0.2, 0) is 6.42 Å². The number of hydrogen-bond acceptors (Lipinski definition) is 4. The highest BCUT2D eigenvalue weighted by Crippen LogP contribution is 2.25. The van der Waals surface area contributed by atoms with Gasteiger partial charge in [0.25, 0.3) is 0 Å². The van der Waals surface area contributed by atoms with Gasteiger partial charge in [-0.2, -0.15) is 0 Å². The van der Waals surface area contributed by atoms with Crippen LogP contribution < -0.4 is 5.73 Å². The average Bonchev–Trinajstić information content (AvgIpc) is 2.67. The lowest BCUT2D eigenvalue weighted by molar-refractivity contribution is 0.288. The van der Waals surface area contributed by atoms with Gasteiger partial charge in [0.15, 0.2) is 0 Å². The Balaban J connectivity index is 1.98. The predicted molar refractivity (Wildman–Crippen MR) is 85.8 cm³/mol. The lowest BCUT2D eigenvalue weighted by Gasteiger charge is -2.18. The molecule has 1 aliphatic heterocycles. The van der Waals surface area contributed by atoms with Crippen LogP contribution in [0.3, 0.4) is 0 Å². The van der Waals surface area contributed by atoms with Gasteiger partial charge in [-0.05, 0) is 31.8 Å². The SMILES string of the molecule is CC(C)c1nc(CCN2CCCCCC2)sc1C(=N)N. The predicted octanol–water partition coefficient (Wildman–Crippen LogP) is 2.97. The van der Waals surface area contributed by atoms with Crippen molar-refractivity contribution in [3.63, 3.8) is 0 Å². The molecule has 2 heterocycles. The van der Waals surface area contributed by atoms with E-state index in [0.717, 1.165) is 28.5 Å². The molecule has 4 nitrogen and oxygen atoms in total. The van der Waals surface area contributed by atoms with Crippen molar-refractivity contribution in [2.24, 2.45) is 5.73 Å². The Kier molecular flexibility index (Phi) is 5.54. The van der Waals surface area contributed by atoms with Gasteiger partial charge in [-0.3, -0.25) is 5.41 Å². The largest absolute Gasteiger partial charge is 0.383 e. The van der Waals surface area contributed by atoms with Crippen LogP contribution in [0, 0.1) is 5.41 Å². The van der Waals surface area contributed by atoms with E-state index >= 15 is 0 Å². The summed E-state index contributed by atoms with van der Waals surface area (Å²) in [6.45, 7) is 7.76. The van der Waals surface area contributed by atoms with Crippen molar-refractivity contribution in [1.82, 2.24) is 9.88 Å². The molecular weight excluding hydrogens is 268 g/mol. The van der Waals surface area contributed by atoms with Crippen molar-refractivity contribution in [1.29, 1.82) is 5.41 Å². The lowest BCUT2D eigenvalue weighted by Crippen LogP contribution is -2.26. The third-order valence-electron chi connectivity index (χ3n) is 3.83. The normalized spacial score (nSPS) is 17.4. The molecular formula is C15H26N4S. The van der Waals surface area contributed by atoms with E-state index in [1.807, 2.05) is 0 Å². The molecule has 0 saturated carbocycles. The third-order valence-corrected chi connectivity index (χ3v) is 4.99. The van der Waals surface area contributed by atoms with Gasteiger partial charge in [0.05, 0.1) is 15.6 Å². The first kappa shape index (κ1) is 15.4. The maximum Gasteiger partial charge on any atom is 0.135 e. The molecule has 0 amide bonds. The first-order valence-electron chi connectivity index (χ1n) is 7.64. The highest BCUT2D eigenvalue weighted by molar-refractivity contribution is 7.13. The molecule has 0 bridgehead atoms. The molecule has 0 aliphatic carbocycles. The number of thiazole rings is 1. The molecule has 0 atom stereocenters. The van der Waals surface area contributed by atoms with Gasteiger partial charge in [-0.1, -0.05) is 26.7 Å². The maximum atomic E-state index is 7.68. The van der Waals surface area contributed by atoms with Crippen LogP contribution >= 0.6 is 11.3 Å². The number of nitrogens with one attached hydrogen (secondary N) is 1. The number of rotatable bonds is 5. The number of hydrogen-bond donors (Lipinski definition) is 2. The summed E-state index contributed by atoms with van der Waals surface area (Å²) in [5.74, 6) is 0.490. The van der Waals surface area contributed by atoms with Gasteiger partial charge in [0.1, 0.15) is 5.84 Å². The first-order chi connectivity index (χ1) is 9.58. The molecule has 3 N–H and O–H groups in total. The molecule has 0 radical (unpaired) electrons. The Morgan fingerprint density at radius 3 is 2.45 bits per heavy atom. The van der Waals surface area contributed by atoms with E-state index in [-0.39, 0.29) is 5.84 Å². The summed E-state index contributed by atoms with van der Waals surface area (Å²) in [7, 11) is 0. The Morgan fingerprint density at radius 2 is 1.95 bits per heavy atom. The molecule has 2 rings (SSSR count). The third kappa shape index (κ3) is 4.03. The molecule has 1 fully saturated rings. The van der Waals surface area contributed by atoms with Crippen LogP contribution in [0.25, 0.3) is 0 Å². The summed E-state index contributed by atoms with van der Waals surface area (Å²) in [5, 5.41) is 8.81. The molecule has 20 heavy (non-hydrogen) atoms. The summed E-state index contributed by atoms with van der Waals surface area (Å²) in [6.07, 6.45) is 6.39. The van der Waals surface area contributed by atoms with Crippen molar-refractivity contribution >= 4 is 17.2 Å². The second-order valence-corrected chi connectivity index (χ2v) is 6.98. The fourth-order valence-electron chi connectivity index (χ4n) is 2.68. The van der Waals surface area contributed by atoms with Gasteiger partial charge < -0.3 is 10.6 Å². The number of nitrogen functional groups attached to an aromatic ring is 1. The Morgan fingerprint density at radius 1 is 1.30 bits per heavy atom. The van der Waals surface area contributed by atoms with E-state index in [2.05, 4.69) is 18.7 Å². The quantitative estimate of drug-likeness (QED) is 0.648. The van der Waals surface area contributed by atoms with Crippen LogP contribution in [0.1, 0.15) is 61.0 Å². The maximum absolute atomic E-state index is 7.68. The summed E-state index contributed by atoms with van der Waals surface area (Å²) in [4.78, 5) is 8.13. The number of amidine groups is 1. The molecule has 1 saturated heterocycles. The van der Waals surface area contributed by atoms with Crippen LogP contribution in [0.2, 0.25) is 0 Å². The number of nitrogens with zero attached hydrogens (tertiary/aromatic N) is 2. The number of likely N-dealkylation sites (tertiary alicyclic amines) is 1. The second kappa shape index (κ2) is 7.18. The summed E-state index contributed by atoms with van der Waals surface area (Å²) >= 11 is 1.60. The van der Waals surface area contributed by atoms with Crippen LogP contribution in [0.15, 0.2) is 0 Å². The van der Waals surface area contributed by atoms with E-state index in [9.17, 15) is 0 Å². The Labute approximate surface area is 125 Å². The van der Waals surface area contributed by atoms with Crippen molar-refractivity contribution < 1.29 is 0 Å². The topological polar surface area (TPSA) is 66.0 Å². The smallest absolute Gasteiger partial charge is 0.135 e. The highest BCUT2D eigenvalue weighted by Gasteiger charge is 2.17. The van der Waals surface area contributed by atoms with Gasteiger partial charge in [-0.25, -0.2) is 4.98 Å². The molecule has 0 unspecified atom stereocenters. The lowest BCUT2D eigenvalue weighted by atomic mass is 10.1. The van der Waals surface area contributed by atoms with Gasteiger partial charge >= 0.3 is 0 Å². The Hall–Kier alpha value is -0.940. The van der Waals surface area contributed by atoms with Crippen molar-refractivity contribution in [3.8, 4) is 0 Å². The monoisotopic (exact) mass is 294 g/mol. The summed E-state index contributed by atoms with van der Waals surface area (Å²) in [5.41, 5.74) is 6.66. The van der Waals surface area contributed by atoms with E-state index in [4.69, 9.17) is 16.1 Å². The fraction of sp³-hybridized carbons (Fsp3) is 0.733. The minimum atomic E-state index is 0.159. The van der Waals surface area contributed by atoms with E-state index in [0.29, 0.717) is 5.92 Å². The zero-order chi connectivity index (χ0) is 14.5. The van der Waals surface area contributed by atoms with Gasteiger partial charge in [0, 0.05) is 13.0 Å². The van der Waals surface area contributed by atoms with E-state index in [1.54, 1.807) is 11.3 Å². The molecule has 0 aromatic carbocycles. The first-order valence-corrected chi connectivity index (χ1v) is 8.46. The molecule has 1 aliphatic rings. The zero-order valence-electron chi connectivity index (χ0n) is 12.6. The van der Waals surface area contributed by atoms with E-state index < -0.39 is 0 Å². The minimum absolute atomic E-state index is 0.159. The second-order valence-electron chi connectivity index (χ2n) is 5.90. The molecule has 5 heteroatoms. The van der Waals surface area contributed by atoms with Crippen LogP contribution in [0.5, 0.6) is 0 Å².